The Morgan fingerprint density at radius 2 is 2.16 bits per heavy atom. The van der Waals surface area contributed by atoms with Crippen molar-refractivity contribution in [3.8, 4) is 0 Å². The second kappa shape index (κ2) is 10.0. The number of nitrogens with zero attached hydrogens (tertiary/aromatic N) is 2. The van der Waals surface area contributed by atoms with Crippen LogP contribution in [0.15, 0.2) is 24.3 Å². The Morgan fingerprint density at radius 1 is 1.32 bits per heavy atom. The van der Waals surface area contributed by atoms with Gasteiger partial charge in [0.25, 0.3) is 0 Å². The first-order chi connectivity index (χ1) is 12.1. The molecule has 6 heteroatoms. The first-order valence-electron chi connectivity index (χ1n) is 9.15. The van der Waals surface area contributed by atoms with Gasteiger partial charge in [0.15, 0.2) is 0 Å². The van der Waals surface area contributed by atoms with Gasteiger partial charge in [0.1, 0.15) is 5.82 Å². The molecule has 0 bridgehead atoms. The summed E-state index contributed by atoms with van der Waals surface area (Å²) in [5, 5.41) is 2.89. The van der Waals surface area contributed by atoms with Gasteiger partial charge in [-0.1, -0.05) is 18.6 Å². The van der Waals surface area contributed by atoms with Crippen molar-refractivity contribution in [2.24, 2.45) is 0 Å². The highest BCUT2D eigenvalue weighted by atomic mass is 19.1. The molecule has 0 atom stereocenters. The van der Waals surface area contributed by atoms with Crippen LogP contribution in [0.4, 0.5) is 9.18 Å². The van der Waals surface area contributed by atoms with E-state index in [4.69, 9.17) is 0 Å². The van der Waals surface area contributed by atoms with Crippen molar-refractivity contribution in [2.75, 3.05) is 26.2 Å². The van der Waals surface area contributed by atoms with E-state index < -0.39 is 0 Å². The van der Waals surface area contributed by atoms with E-state index in [1.807, 2.05) is 17.9 Å². The molecule has 1 aromatic rings. The molecule has 0 spiro atoms. The Balaban J connectivity index is 1.73. The molecule has 138 valence electrons. The fraction of sp³-hybridized carbons (Fsp3) is 0.579. The van der Waals surface area contributed by atoms with Gasteiger partial charge in [-0.3, -0.25) is 4.79 Å². The summed E-state index contributed by atoms with van der Waals surface area (Å²) in [6.07, 6.45) is 4.55. The van der Waals surface area contributed by atoms with Crippen molar-refractivity contribution in [1.82, 2.24) is 15.1 Å². The van der Waals surface area contributed by atoms with E-state index in [9.17, 15) is 14.0 Å². The topological polar surface area (TPSA) is 52.7 Å². The monoisotopic (exact) mass is 349 g/mol. The van der Waals surface area contributed by atoms with E-state index in [2.05, 4.69) is 5.32 Å². The lowest BCUT2D eigenvalue weighted by Gasteiger charge is -2.23. The number of rotatable bonds is 7. The van der Waals surface area contributed by atoms with Gasteiger partial charge in [-0.15, -0.1) is 0 Å². The number of benzene rings is 1. The van der Waals surface area contributed by atoms with Gasteiger partial charge >= 0.3 is 6.03 Å². The summed E-state index contributed by atoms with van der Waals surface area (Å²) >= 11 is 0. The van der Waals surface area contributed by atoms with Crippen LogP contribution in [-0.4, -0.2) is 47.9 Å². The first-order valence-corrected chi connectivity index (χ1v) is 9.15. The number of hydrogen-bond donors (Lipinski definition) is 1. The highest BCUT2D eigenvalue weighted by Gasteiger charge is 2.16. The van der Waals surface area contributed by atoms with Gasteiger partial charge in [-0.2, -0.15) is 0 Å². The molecule has 0 unspecified atom stereocenters. The normalized spacial score (nSPS) is 15.0. The lowest BCUT2D eigenvalue weighted by atomic mass is 10.2. The van der Waals surface area contributed by atoms with Crippen LogP contribution in [0.1, 0.15) is 44.6 Å². The zero-order chi connectivity index (χ0) is 18.1. The summed E-state index contributed by atoms with van der Waals surface area (Å²) < 4.78 is 13.3. The van der Waals surface area contributed by atoms with E-state index in [0.29, 0.717) is 32.6 Å². The summed E-state index contributed by atoms with van der Waals surface area (Å²) in [6, 6.07) is 6.14. The third-order valence-corrected chi connectivity index (χ3v) is 4.48. The average Bonchev–Trinajstić information content (AvgIpc) is 2.81. The molecule has 1 N–H and O–H groups in total. The number of amides is 3. The third-order valence-electron chi connectivity index (χ3n) is 4.48. The molecule has 2 rings (SSSR count). The molecule has 1 saturated heterocycles. The fourth-order valence-electron chi connectivity index (χ4n) is 3.03. The lowest BCUT2D eigenvalue weighted by Crippen LogP contribution is -2.41. The molecule has 0 radical (unpaired) electrons. The molecular formula is C19H28FN3O2. The Hall–Kier alpha value is -2.11. The van der Waals surface area contributed by atoms with Crippen molar-refractivity contribution >= 4 is 11.9 Å². The molecule has 1 aromatic carbocycles. The van der Waals surface area contributed by atoms with Crippen LogP contribution in [0.5, 0.6) is 0 Å². The van der Waals surface area contributed by atoms with Crippen LogP contribution >= 0.6 is 0 Å². The lowest BCUT2D eigenvalue weighted by molar-refractivity contribution is -0.130. The molecule has 25 heavy (non-hydrogen) atoms. The van der Waals surface area contributed by atoms with Gasteiger partial charge in [-0.05, 0) is 43.9 Å². The van der Waals surface area contributed by atoms with Gasteiger partial charge in [0.05, 0.1) is 0 Å². The Morgan fingerprint density at radius 3 is 2.92 bits per heavy atom. The van der Waals surface area contributed by atoms with Crippen LogP contribution < -0.4 is 5.32 Å². The molecule has 3 amide bonds. The van der Waals surface area contributed by atoms with Crippen LogP contribution in [0.2, 0.25) is 0 Å². The standard InChI is InChI=1S/C19H28FN3O2/c1-2-22(15-16-8-6-9-17(20)14-16)19(25)21-11-7-13-23-12-5-3-4-10-18(23)24/h6,8-9,14H,2-5,7,10-13,15H2,1H3,(H,21,25). The van der Waals surface area contributed by atoms with Crippen LogP contribution in [0, 0.1) is 5.82 Å². The van der Waals surface area contributed by atoms with Crippen LogP contribution in [0.25, 0.3) is 0 Å². The first kappa shape index (κ1) is 19.2. The van der Waals surface area contributed by atoms with Crippen molar-refractivity contribution < 1.29 is 14.0 Å². The van der Waals surface area contributed by atoms with E-state index in [1.54, 1.807) is 11.0 Å². The van der Waals surface area contributed by atoms with Crippen molar-refractivity contribution in [2.45, 2.75) is 45.6 Å². The minimum absolute atomic E-state index is 0.158. The smallest absolute Gasteiger partial charge is 0.317 e. The maximum atomic E-state index is 13.3. The Labute approximate surface area is 149 Å². The summed E-state index contributed by atoms with van der Waals surface area (Å²) in [5.41, 5.74) is 0.771. The Bertz CT molecular complexity index is 580. The molecule has 0 aromatic heterocycles. The number of likely N-dealkylation sites (tertiary alicyclic amines) is 1. The molecule has 5 nitrogen and oxygen atoms in total. The number of carbonyl (C=O) groups is 2. The molecule has 1 heterocycles. The summed E-state index contributed by atoms with van der Waals surface area (Å²) in [5.74, 6) is -0.0683. The predicted molar refractivity (Wildman–Crippen MR) is 95.5 cm³/mol. The Kier molecular flexibility index (Phi) is 7.70. The van der Waals surface area contributed by atoms with Gasteiger partial charge in [-0.25, -0.2) is 9.18 Å². The van der Waals surface area contributed by atoms with E-state index >= 15 is 0 Å². The van der Waals surface area contributed by atoms with Crippen molar-refractivity contribution in [3.05, 3.63) is 35.6 Å². The molecule has 0 saturated carbocycles. The minimum atomic E-state index is -0.295. The number of hydrogen-bond acceptors (Lipinski definition) is 2. The quantitative estimate of drug-likeness (QED) is 0.769. The van der Waals surface area contributed by atoms with Crippen LogP contribution in [-0.2, 0) is 11.3 Å². The molecule has 1 aliphatic heterocycles. The third kappa shape index (κ3) is 6.36. The zero-order valence-electron chi connectivity index (χ0n) is 15.0. The SMILES string of the molecule is CCN(Cc1cccc(F)c1)C(=O)NCCCN1CCCCCC1=O. The number of urea groups is 1. The highest BCUT2D eigenvalue weighted by molar-refractivity contribution is 5.76. The summed E-state index contributed by atoms with van der Waals surface area (Å²) in [4.78, 5) is 27.8. The molecule has 1 aliphatic rings. The maximum Gasteiger partial charge on any atom is 0.317 e. The number of halogens is 1. The zero-order valence-corrected chi connectivity index (χ0v) is 15.0. The second-order valence-corrected chi connectivity index (χ2v) is 6.42. The molecule has 1 fully saturated rings. The van der Waals surface area contributed by atoms with E-state index in [0.717, 1.165) is 37.8 Å². The van der Waals surface area contributed by atoms with Gasteiger partial charge in [0.2, 0.25) is 5.91 Å². The van der Waals surface area contributed by atoms with E-state index in [-0.39, 0.29) is 17.8 Å². The largest absolute Gasteiger partial charge is 0.343 e. The number of nitrogens with one attached hydrogen (secondary N) is 1. The highest BCUT2D eigenvalue weighted by Crippen LogP contribution is 2.11. The fourth-order valence-corrected chi connectivity index (χ4v) is 3.03. The van der Waals surface area contributed by atoms with Gasteiger partial charge < -0.3 is 15.1 Å². The van der Waals surface area contributed by atoms with Crippen molar-refractivity contribution in [3.63, 3.8) is 0 Å². The maximum absolute atomic E-state index is 13.3. The average molecular weight is 349 g/mol. The predicted octanol–water partition coefficient (Wildman–Crippen LogP) is 3.15. The summed E-state index contributed by atoms with van der Waals surface area (Å²) in [6.45, 7) is 4.87. The van der Waals surface area contributed by atoms with E-state index in [1.165, 1.54) is 12.1 Å². The summed E-state index contributed by atoms with van der Waals surface area (Å²) in [7, 11) is 0. The van der Waals surface area contributed by atoms with Crippen molar-refractivity contribution in [1.29, 1.82) is 0 Å². The van der Waals surface area contributed by atoms with Gasteiger partial charge in [0, 0.05) is 39.1 Å². The minimum Gasteiger partial charge on any atom is -0.343 e. The molecular weight excluding hydrogens is 321 g/mol. The second-order valence-electron chi connectivity index (χ2n) is 6.42. The van der Waals surface area contributed by atoms with Crippen LogP contribution in [0.3, 0.4) is 0 Å². The number of carbonyl (C=O) groups excluding carboxylic acids is 2. The molecule has 0 aliphatic carbocycles.